The molecule has 0 bridgehead atoms. The van der Waals surface area contributed by atoms with Crippen LogP contribution in [-0.4, -0.2) is 38.7 Å². The number of rotatable bonds is 7. The molecule has 0 aliphatic carbocycles. The highest BCUT2D eigenvalue weighted by Crippen LogP contribution is 2.25. The summed E-state index contributed by atoms with van der Waals surface area (Å²) in [5, 5.41) is 3.06. The van der Waals surface area contributed by atoms with Gasteiger partial charge in [0.05, 0.1) is 38.4 Å². The van der Waals surface area contributed by atoms with Gasteiger partial charge in [0.2, 0.25) is 0 Å². The van der Waals surface area contributed by atoms with E-state index in [2.05, 4.69) is 5.32 Å². The Balaban J connectivity index is 1.80. The number of anilines is 1. The molecule has 6 heteroatoms. The number of methoxy groups -OCH3 is 1. The lowest BCUT2D eigenvalue weighted by Crippen LogP contribution is -3.14. The van der Waals surface area contributed by atoms with E-state index < -0.39 is 0 Å². The van der Waals surface area contributed by atoms with Crippen LogP contribution >= 0.6 is 0 Å². The predicted octanol–water partition coefficient (Wildman–Crippen LogP) is 2.23. The average molecular weight is 397 g/mol. The van der Waals surface area contributed by atoms with E-state index in [1.54, 1.807) is 0 Å². The van der Waals surface area contributed by atoms with Gasteiger partial charge >= 0.3 is 5.97 Å². The molecule has 1 atom stereocenters. The zero-order chi connectivity index (χ0) is 20.6. The Morgan fingerprint density at radius 1 is 1.07 bits per heavy atom. The molecule has 1 amide bonds. The first-order valence-electron chi connectivity index (χ1n) is 10.1. The fourth-order valence-electron chi connectivity index (χ4n) is 3.95. The zero-order valence-electron chi connectivity index (χ0n) is 17.0. The van der Waals surface area contributed by atoms with Gasteiger partial charge in [0.15, 0.2) is 6.04 Å². The van der Waals surface area contributed by atoms with Gasteiger partial charge in [-0.3, -0.25) is 9.59 Å². The van der Waals surface area contributed by atoms with Gasteiger partial charge in [-0.05, 0) is 19.1 Å². The van der Waals surface area contributed by atoms with Crippen LogP contribution in [0.3, 0.4) is 0 Å². The number of benzene rings is 2. The summed E-state index contributed by atoms with van der Waals surface area (Å²) in [6, 6.07) is 16.9. The maximum atomic E-state index is 13.4. The number of carbonyl (C=O) groups excluding carboxylic acids is 2. The molecule has 154 valence electrons. The third-order valence-electron chi connectivity index (χ3n) is 5.41. The van der Waals surface area contributed by atoms with Crippen molar-refractivity contribution >= 4 is 17.6 Å². The van der Waals surface area contributed by atoms with Crippen molar-refractivity contribution in [3.8, 4) is 5.75 Å². The quantitative estimate of drug-likeness (QED) is 0.703. The first-order chi connectivity index (χ1) is 14.1. The molecule has 0 aromatic heterocycles. The van der Waals surface area contributed by atoms with E-state index in [9.17, 15) is 9.59 Å². The first kappa shape index (κ1) is 20.9. The smallest absolute Gasteiger partial charge is 0.309 e. The number of nitrogens with one attached hydrogen (secondary N) is 2. The molecule has 2 aromatic carbocycles. The molecule has 0 spiro atoms. The highest BCUT2D eigenvalue weighted by atomic mass is 16.5. The molecule has 1 saturated heterocycles. The number of hydrogen-bond donors (Lipinski definition) is 2. The second-order valence-electron chi connectivity index (χ2n) is 7.22. The third-order valence-corrected chi connectivity index (χ3v) is 5.41. The van der Waals surface area contributed by atoms with Crippen molar-refractivity contribution in [2.45, 2.75) is 25.8 Å². The Morgan fingerprint density at radius 2 is 1.72 bits per heavy atom. The first-order valence-corrected chi connectivity index (χ1v) is 10.1. The van der Waals surface area contributed by atoms with Crippen LogP contribution in [-0.2, 0) is 14.3 Å². The van der Waals surface area contributed by atoms with Gasteiger partial charge in [0, 0.05) is 18.4 Å². The summed E-state index contributed by atoms with van der Waals surface area (Å²) in [5.41, 5.74) is 1.63. The molecule has 6 nitrogen and oxygen atoms in total. The predicted molar refractivity (Wildman–Crippen MR) is 111 cm³/mol. The van der Waals surface area contributed by atoms with Gasteiger partial charge in [-0.1, -0.05) is 42.5 Å². The number of amides is 1. The maximum Gasteiger partial charge on any atom is 0.309 e. The molecule has 0 saturated carbocycles. The molecule has 2 aromatic rings. The third kappa shape index (κ3) is 5.15. The van der Waals surface area contributed by atoms with E-state index >= 15 is 0 Å². The molecule has 1 fully saturated rings. The lowest BCUT2D eigenvalue weighted by molar-refractivity contribution is -0.927. The zero-order valence-corrected chi connectivity index (χ0v) is 17.0. The van der Waals surface area contributed by atoms with E-state index in [0.29, 0.717) is 30.9 Å². The lowest BCUT2D eigenvalue weighted by Gasteiger charge is -2.33. The number of esters is 1. The highest BCUT2D eigenvalue weighted by Gasteiger charge is 2.37. The topological polar surface area (TPSA) is 69.1 Å². The van der Waals surface area contributed by atoms with Gasteiger partial charge in [-0.2, -0.15) is 0 Å². The van der Waals surface area contributed by atoms with Gasteiger partial charge in [0.1, 0.15) is 5.75 Å². The van der Waals surface area contributed by atoms with Crippen molar-refractivity contribution < 1.29 is 24.0 Å². The standard InChI is InChI=1S/C23H28N2O4/c1-3-29-20-12-8-7-11-19(20)24-22(26)21(17-9-5-4-6-10-17)25-15-13-18(14-16-25)23(27)28-2/h4-12,18,21H,3,13-16H2,1-2H3,(H,24,26)/p+1/t21-/m0/s1. The van der Waals surface area contributed by atoms with Gasteiger partial charge < -0.3 is 19.7 Å². The van der Waals surface area contributed by atoms with Crippen LogP contribution in [0.15, 0.2) is 54.6 Å². The fourth-order valence-corrected chi connectivity index (χ4v) is 3.95. The van der Waals surface area contributed by atoms with Crippen LogP contribution in [0.2, 0.25) is 0 Å². The molecule has 1 aliphatic rings. The van der Waals surface area contributed by atoms with Gasteiger partial charge in [-0.25, -0.2) is 0 Å². The largest absolute Gasteiger partial charge is 0.492 e. The second kappa shape index (κ2) is 10.1. The van der Waals surface area contributed by atoms with Crippen molar-refractivity contribution in [3.05, 3.63) is 60.2 Å². The molecule has 1 heterocycles. The SMILES string of the molecule is CCOc1ccccc1NC(=O)[C@H](c1ccccc1)[NH+]1CCC(C(=O)OC)CC1. The summed E-state index contributed by atoms with van der Waals surface area (Å²) in [7, 11) is 1.43. The Morgan fingerprint density at radius 3 is 2.38 bits per heavy atom. The maximum absolute atomic E-state index is 13.4. The van der Waals surface area contributed by atoms with Crippen LogP contribution in [0.25, 0.3) is 0 Å². The summed E-state index contributed by atoms with van der Waals surface area (Å²) in [6.07, 6.45) is 1.43. The van der Waals surface area contributed by atoms with Gasteiger partial charge in [0.25, 0.3) is 5.91 Å². The number of quaternary nitrogens is 1. The molecule has 1 aliphatic heterocycles. The molecule has 0 unspecified atom stereocenters. The Hall–Kier alpha value is -2.86. The van der Waals surface area contributed by atoms with Crippen LogP contribution in [0.1, 0.15) is 31.4 Å². The summed E-state index contributed by atoms with van der Waals surface area (Å²) in [6.45, 7) is 3.92. The Kier molecular flexibility index (Phi) is 7.25. The van der Waals surface area contributed by atoms with Crippen LogP contribution in [0.5, 0.6) is 5.75 Å². The number of piperidine rings is 1. The monoisotopic (exact) mass is 397 g/mol. The minimum absolute atomic E-state index is 0.0742. The summed E-state index contributed by atoms with van der Waals surface area (Å²) in [4.78, 5) is 26.4. The van der Waals surface area contributed by atoms with Crippen LogP contribution in [0, 0.1) is 5.92 Å². The Labute approximate surface area is 171 Å². The molecule has 2 N–H and O–H groups in total. The van der Waals surface area contributed by atoms with E-state index in [4.69, 9.17) is 9.47 Å². The minimum atomic E-state index is -0.357. The van der Waals surface area contributed by atoms with E-state index in [0.717, 1.165) is 23.6 Å². The minimum Gasteiger partial charge on any atom is -0.492 e. The second-order valence-corrected chi connectivity index (χ2v) is 7.22. The normalized spacial score (nSPS) is 19.8. The number of ether oxygens (including phenoxy) is 2. The van der Waals surface area contributed by atoms with Crippen LogP contribution in [0.4, 0.5) is 5.69 Å². The van der Waals surface area contributed by atoms with Crippen LogP contribution < -0.4 is 15.0 Å². The average Bonchev–Trinajstić information content (AvgIpc) is 2.76. The molecule has 0 radical (unpaired) electrons. The fraction of sp³-hybridized carbons (Fsp3) is 0.391. The summed E-state index contributed by atoms with van der Waals surface area (Å²) >= 11 is 0. The molecular formula is C23H29N2O4+. The lowest BCUT2D eigenvalue weighted by atomic mass is 9.94. The summed E-state index contributed by atoms with van der Waals surface area (Å²) in [5.74, 6) is 0.349. The van der Waals surface area contributed by atoms with Gasteiger partial charge in [-0.15, -0.1) is 0 Å². The molecule has 3 rings (SSSR count). The van der Waals surface area contributed by atoms with Crippen molar-refractivity contribution in [2.75, 3.05) is 32.1 Å². The highest BCUT2D eigenvalue weighted by molar-refractivity contribution is 5.95. The molecule has 29 heavy (non-hydrogen) atoms. The number of likely N-dealkylation sites (tertiary alicyclic amines) is 1. The van der Waals surface area contributed by atoms with E-state index in [-0.39, 0.29) is 23.8 Å². The number of hydrogen-bond acceptors (Lipinski definition) is 4. The van der Waals surface area contributed by atoms with Crippen molar-refractivity contribution in [1.82, 2.24) is 0 Å². The summed E-state index contributed by atoms with van der Waals surface area (Å²) < 4.78 is 10.5. The Bertz CT molecular complexity index is 817. The van der Waals surface area contributed by atoms with E-state index in [1.807, 2.05) is 61.5 Å². The van der Waals surface area contributed by atoms with Crippen molar-refractivity contribution in [3.63, 3.8) is 0 Å². The molecular weight excluding hydrogens is 368 g/mol. The number of carbonyl (C=O) groups is 2. The van der Waals surface area contributed by atoms with Crippen molar-refractivity contribution in [1.29, 1.82) is 0 Å². The number of para-hydroxylation sites is 2. The van der Waals surface area contributed by atoms with Crippen molar-refractivity contribution in [2.24, 2.45) is 5.92 Å². The van der Waals surface area contributed by atoms with E-state index in [1.165, 1.54) is 7.11 Å².